The summed E-state index contributed by atoms with van der Waals surface area (Å²) in [4.78, 5) is 15.7. The van der Waals surface area contributed by atoms with Gasteiger partial charge < -0.3 is 15.4 Å². The lowest BCUT2D eigenvalue weighted by Crippen LogP contribution is -2.65. The number of carbonyl (C=O) groups excluding carboxylic acids is 1. The normalized spacial score (nSPS) is 34.8. The van der Waals surface area contributed by atoms with E-state index >= 15 is 0 Å². The predicted molar refractivity (Wildman–Crippen MR) is 109 cm³/mol. The fraction of sp³-hybridized carbons (Fsp3) is 0.696. The number of amides is 1. The number of rotatable bonds is 2. The molecule has 1 aliphatic heterocycles. The van der Waals surface area contributed by atoms with Gasteiger partial charge in [-0.25, -0.2) is 0 Å². The summed E-state index contributed by atoms with van der Waals surface area (Å²) in [5.41, 5.74) is 9.82. The van der Waals surface area contributed by atoms with E-state index in [0.29, 0.717) is 12.0 Å². The summed E-state index contributed by atoms with van der Waals surface area (Å²) in [5, 5.41) is 0. The van der Waals surface area contributed by atoms with Gasteiger partial charge in [0.25, 0.3) is 0 Å². The Hall–Kier alpha value is -1.55. The second kappa shape index (κ2) is 6.51. The van der Waals surface area contributed by atoms with E-state index < -0.39 is 0 Å². The zero-order valence-corrected chi connectivity index (χ0v) is 17.3. The number of nitrogen functional groups attached to an aromatic ring is 1. The molecule has 4 heteroatoms. The molecule has 0 aromatic heterocycles. The van der Waals surface area contributed by atoms with Crippen molar-refractivity contribution in [1.82, 2.24) is 4.90 Å². The SMILES string of the molecule is COC1CCC(C(=O)N2CCC3(C)c4ccc(N)cc4CC2C3(C)C)CC1. The molecule has 2 N–H and O–H groups in total. The molecule has 3 aliphatic rings. The molecule has 1 aromatic carbocycles. The molecule has 0 spiro atoms. The van der Waals surface area contributed by atoms with E-state index in [-0.39, 0.29) is 22.8 Å². The molecule has 1 heterocycles. The Balaban J connectivity index is 1.62. The van der Waals surface area contributed by atoms with Crippen LogP contribution in [-0.2, 0) is 21.4 Å². The molecule has 1 aromatic rings. The van der Waals surface area contributed by atoms with E-state index in [1.807, 2.05) is 6.07 Å². The average molecular weight is 371 g/mol. The van der Waals surface area contributed by atoms with Crippen LogP contribution in [0, 0.1) is 11.3 Å². The molecule has 1 saturated heterocycles. The Bertz CT molecular complexity index is 736. The van der Waals surface area contributed by atoms with Gasteiger partial charge in [0.2, 0.25) is 5.91 Å². The fourth-order valence-corrected chi connectivity index (χ4v) is 6.00. The minimum absolute atomic E-state index is 0.0494. The van der Waals surface area contributed by atoms with Crippen LogP contribution < -0.4 is 5.73 Å². The molecule has 1 saturated carbocycles. The molecular weight excluding hydrogens is 336 g/mol. The smallest absolute Gasteiger partial charge is 0.225 e. The van der Waals surface area contributed by atoms with Crippen molar-refractivity contribution in [3.8, 4) is 0 Å². The van der Waals surface area contributed by atoms with Crippen molar-refractivity contribution in [3.05, 3.63) is 29.3 Å². The summed E-state index contributed by atoms with van der Waals surface area (Å²) in [6, 6.07) is 6.64. The maximum atomic E-state index is 13.5. The zero-order valence-electron chi connectivity index (χ0n) is 17.3. The highest BCUT2D eigenvalue weighted by molar-refractivity contribution is 5.80. The van der Waals surface area contributed by atoms with Crippen molar-refractivity contribution in [3.63, 3.8) is 0 Å². The van der Waals surface area contributed by atoms with Crippen molar-refractivity contribution in [2.75, 3.05) is 19.4 Å². The van der Waals surface area contributed by atoms with Crippen LogP contribution in [0.3, 0.4) is 0 Å². The molecule has 2 fully saturated rings. The lowest BCUT2D eigenvalue weighted by atomic mass is 9.51. The summed E-state index contributed by atoms with van der Waals surface area (Å²) in [6.07, 6.45) is 6.20. The molecule has 27 heavy (non-hydrogen) atoms. The third-order valence-corrected chi connectivity index (χ3v) is 8.26. The van der Waals surface area contributed by atoms with E-state index in [4.69, 9.17) is 10.5 Å². The third kappa shape index (κ3) is 2.79. The summed E-state index contributed by atoms with van der Waals surface area (Å²) in [6.45, 7) is 7.98. The first-order valence-electron chi connectivity index (χ1n) is 10.5. The topological polar surface area (TPSA) is 55.6 Å². The largest absolute Gasteiger partial charge is 0.399 e. The number of hydrogen-bond donors (Lipinski definition) is 1. The summed E-state index contributed by atoms with van der Waals surface area (Å²) >= 11 is 0. The van der Waals surface area contributed by atoms with Gasteiger partial charge in [0.15, 0.2) is 0 Å². The number of likely N-dealkylation sites (tertiary alicyclic amines) is 1. The first kappa shape index (κ1) is 18.8. The molecule has 4 nitrogen and oxygen atoms in total. The van der Waals surface area contributed by atoms with Gasteiger partial charge in [-0.1, -0.05) is 26.8 Å². The Morgan fingerprint density at radius 3 is 2.56 bits per heavy atom. The number of carbonyl (C=O) groups is 1. The molecule has 2 bridgehead atoms. The van der Waals surface area contributed by atoms with Crippen LogP contribution in [0.1, 0.15) is 64.0 Å². The lowest BCUT2D eigenvalue weighted by Gasteiger charge is -2.61. The standard InChI is InChI=1S/C23H34N2O2/c1-22(2)20-14-16-13-17(24)7-10-19(16)23(22,3)11-12-25(20)21(26)15-5-8-18(27-4)9-6-15/h7,10,13,15,18,20H,5-6,8-9,11-12,14,24H2,1-4H3. The van der Waals surface area contributed by atoms with Crippen LogP contribution in [0.4, 0.5) is 5.69 Å². The number of fused-ring (bicyclic) bond motifs is 4. The van der Waals surface area contributed by atoms with E-state index in [1.165, 1.54) is 11.1 Å². The fourth-order valence-electron chi connectivity index (χ4n) is 6.00. The van der Waals surface area contributed by atoms with Gasteiger partial charge in [0.05, 0.1) is 6.10 Å². The van der Waals surface area contributed by atoms with Gasteiger partial charge in [-0.15, -0.1) is 0 Å². The quantitative estimate of drug-likeness (QED) is 0.803. The summed E-state index contributed by atoms with van der Waals surface area (Å²) in [7, 11) is 1.78. The van der Waals surface area contributed by atoms with Gasteiger partial charge in [-0.05, 0) is 67.2 Å². The lowest BCUT2D eigenvalue weighted by molar-refractivity contribution is -0.150. The van der Waals surface area contributed by atoms with E-state index in [1.54, 1.807) is 7.11 Å². The van der Waals surface area contributed by atoms with Gasteiger partial charge in [-0.2, -0.15) is 0 Å². The monoisotopic (exact) mass is 370 g/mol. The Labute approximate surface area is 163 Å². The number of nitrogens with two attached hydrogens (primary N) is 1. The van der Waals surface area contributed by atoms with Gasteiger partial charge >= 0.3 is 0 Å². The summed E-state index contributed by atoms with van der Waals surface area (Å²) in [5.74, 6) is 0.538. The van der Waals surface area contributed by atoms with Crippen molar-refractivity contribution in [2.24, 2.45) is 11.3 Å². The number of methoxy groups -OCH3 is 1. The van der Waals surface area contributed by atoms with Crippen LogP contribution in [0.15, 0.2) is 18.2 Å². The van der Waals surface area contributed by atoms with Crippen LogP contribution in [0.5, 0.6) is 0 Å². The van der Waals surface area contributed by atoms with Crippen LogP contribution in [0.25, 0.3) is 0 Å². The molecule has 1 amide bonds. The number of hydrogen-bond acceptors (Lipinski definition) is 3. The van der Waals surface area contributed by atoms with E-state index in [0.717, 1.165) is 50.8 Å². The van der Waals surface area contributed by atoms with Crippen LogP contribution >= 0.6 is 0 Å². The first-order chi connectivity index (χ1) is 12.8. The Morgan fingerprint density at radius 1 is 1.19 bits per heavy atom. The minimum atomic E-state index is 0.0494. The molecule has 2 unspecified atom stereocenters. The molecule has 2 aliphatic carbocycles. The number of benzene rings is 1. The molecule has 2 atom stereocenters. The molecule has 4 rings (SSSR count). The highest BCUT2D eigenvalue weighted by Crippen LogP contribution is 2.56. The van der Waals surface area contributed by atoms with Crippen LogP contribution in [-0.4, -0.2) is 36.6 Å². The maximum Gasteiger partial charge on any atom is 0.225 e. The average Bonchev–Trinajstić information content (AvgIpc) is 2.64. The molecule has 148 valence electrons. The Morgan fingerprint density at radius 2 is 1.89 bits per heavy atom. The molecular formula is C23H34N2O2. The summed E-state index contributed by atoms with van der Waals surface area (Å²) < 4.78 is 5.49. The number of piperidine rings is 1. The second-order valence-corrected chi connectivity index (χ2v) is 9.68. The van der Waals surface area contributed by atoms with Crippen LogP contribution in [0.2, 0.25) is 0 Å². The van der Waals surface area contributed by atoms with Crippen molar-refractivity contribution in [2.45, 2.75) is 76.9 Å². The van der Waals surface area contributed by atoms with Gasteiger partial charge in [0, 0.05) is 36.7 Å². The minimum Gasteiger partial charge on any atom is -0.399 e. The third-order valence-electron chi connectivity index (χ3n) is 8.26. The second-order valence-electron chi connectivity index (χ2n) is 9.68. The van der Waals surface area contributed by atoms with Crippen molar-refractivity contribution >= 4 is 11.6 Å². The number of ether oxygens (including phenoxy) is 1. The van der Waals surface area contributed by atoms with Crippen molar-refractivity contribution in [1.29, 1.82) is 0 Å². The van der Waals surface area contributed by atoms with E-state index in [9.17, 15) is 4.79 Å². The van der Waals surface area contributed by atoms with Gasteiger partial charge in [0.1, 0.15) is 0 Å². The predicted octanol–water partition coefficient (Wildman–Crippen LogP) is 3.91. The van der Waals surface area contributed by atoms with Gasteiger partial charge in [-0.3, -0.25) is 4.79 Å². The highest BCUT2D eigenvalue weighted by Gasteiger charge is 2.57. The number of nitrogens with zero attached hydrogens (tertiary/aromatic N) is 1. The Kier molecular flexibility index (Phi) is 4.53. The number of anilines is 1. The first-order valence-corrected chi connectivity index (χ1v) is 10.5. The zero-order chi connectivity index (χ0) is 19.4. The maximum absolute atomic E-state index is 13.5. The highest BCUT2D eigenvalue weighted by atomic mass is 16.5. The van der Waals surface area contributed by atoms with E-state index in [2.05, 4.69) is 37.8 Å². The van der Waals surface area contributed by atoms with Crippen molar-refractivity contribution < 1.29 is 9.53 Å². The molecule has 0 radical (unpaired) electrons.